The molecule has 1 saturated heterocycles. The van der Waals surface area contributed by atoms with Gasteiger partial charge in [-0.05, 0) is 51.5 Å². The van der Waals surface area contributed by atoms with Gasteiger partial charge in [0, 0.05) is 23.9 Å². The van der Waals surface area contributed by atoms with Crippen LogP contribution in [0.3, 0.4) is 0 Å². The van der Waals surface area contributed by atoms with Crippen LogP contribution >= 0.6 is 11.8 Å². The molecule has 1 spiro atoms. The second kappa shape index (κ2) is 6.91. The predicted octanol–water partition coefficient (Wildman–Crippen LogP) is 3.50. The highest BCUT2D eigenvalue weighted by Crippen LogP contribution is 2.38. The van der Waals surface area contributed by atoms with Gasteiger partial charge in [-0.15, -0.1) is 0 Å². The molecule has 0 aromatic carbocycles. The van der Waals surface area contributed by atoms with E-state index in [2.05, 4.69) is 24.2 Å². The maximum Gasteiger partial charge on any atom is 0.157 e. The fourth-order valence-electron chi connectivity index (χ4n) is 4.01. The van der Waals surface area contributed by atoms with Gasteiger partial charge in [-0.2, -0.15) is 0 Å². The lowest BCUT2D eigenvalue weighted by Gasteiger charge is -2.35. The molecule has 21 heavy (non-hydrogen) atoms. The zero-order chi connectivity index (χ0) is 14.7. The van der Waals surface area contributed by atoms with E-state index in [0.29, 0.717) is 5.54 Å². The normalized spacial score (nSPS) is 36.0. The van der Waals surface area contributed by atoms with E-state index in [1.54, 1.807) is 0 Å². The first kappa shape index (κ1) is 15.7. The number of amidine groups is 1. The quantitative estimate of drug-likeness (QED) is 0.861. The fraction of sp³-hybridized carbons (Fsp3) is 0.941. The predicted molar refractivity (Wildman–Crippen MR) is 93.1 cm³/mol. The summed E-state index contributed by atoms with van der Waals surface area (Å²) in [5.41, 5.74) is 0.382. The van der Waals surface area contributed by atoms with E-state index in [4.69, 9.17) is 4.99 Å². The van der Waals surface area contributed by atoms with Crippen molar-refractivity contribution in [3.05, 3.63) is 0 Å². The molecule has 0 radical (unpaired) electrons. The molecule has 120 valence electrons. The van der Waals surface area contributed by atoms with Gasteiger partial charge >= 0.3 is 0 Å². The van der Waals surface area contributed by atoms with Crippen LogP contribution in [0, 0.1) is 5.92 Å². The summed E-state index contributed by atoms with van der Waals surface area (Å²) in [6.45, 7) is 4.46. The number of nitrogens with zero attached hydrogens (tertiary/aromatic N) is 2. The van der Waals surface area contributed by atoms with Gasteiger partial charge in [0.1, 0.15) is 0 Å². The first-order valence-electron chi connectivity index (χ1n) is 8.83. The van der Waals surface area contributed by atoms with Crippen molar-refractivity contribution in [3.63, 3.8) is 0 Å². The van der Waals surface area contributed by atoms with Gasteiger partial charge in [-0.1, -0.05) is 31.5 Å². The van der Waals surface area contributed by atoms with Gasteiger partial charge < -0.3 is 10.2 Å². The number of hydrogen-bond acceptors (Lipinski definition) is 3. The molecule has 1 N–H and O–H groups in total. The van der Waals surface area contributed by atoms with Gasteiger partial charge in [0.05, 0.1) is 6.54 Å². The summed E-state index contributed by atoms with van der Waals surface area (Å²) in [5, 5.41) is 4.98. The van der Waals surface area contributed by atoms with Crippen LogP contribution in [0.15, 0.2) is 4.99 Å². The summed E-state index contributed by atoms with van der Waals surface area (Å²) >= 11 is 1.95. The van der Waals surface area contributed by atoms with Crippen molar-refractivity contribution in [3.8, 4) is 0 Å². The van der Waals surface area contributed by atoms with Gasteiger partial charge in [-0.25, -0.2) is 0 Å². The summed E-state index contributed by atoms with van der Waals surface area (Å²) in [6, 6.07) is 0.820. The second-order valence-electron chi connectivity index (χ2n) is 7.48. The highest BCUT2D eigenvalue weighted by molar-refractivity contribution is 8.14. The zero-order valence-electron chi connectivity index (χ0n) is 13.7. The van der Waals surface area contributed by atoms with E-state index in [1.165, 1.54) is 62.3 Å². The SMILES string of the molecule is CC1CCC2(CC1)CSC(=NCCN(C)C1CCCC1)N2. The third-order valence-electron chi connectivity index (χ3n) is 5.74. The number of thioether (sulfide) groups is 1. The van der Waals surface area contributed by atoms with Gasteiger partial charge in [0.25, 0.3) is 0 Å². The number of hydrogen-bond donors (Lipinski definition) is 1. The summed E-state index contributed by atoms with van der Waals surface area (Å²) in [7, 11) is 2.27. The van der Waals surface area contributed by atoms with E-state index in [0.717, 1.165) is 25.0 Å². The van der Waals surface area contributed by atoms with E-state index >= 15 is 0 Å². The number of aliphatic imine (C=N–C) groups is 1. The van der Waals surface area contributed by atoms with Crippen LogP contribution < -0.4 is 5.32 Å². The molecule has 3 aliphatic rings. The van der Waals surface area contributed by atoms with Crippen molar-refractivity contribution in [1.29, 1.82) is 0 Å². The average molecular weight is 310 g/mol. The van der Waals surface area contributed by atoms with Crippen LogP contribution in [-0.4, -0.2) is 47.5 Å². The maximum absolute atomic E-state index is 4.83. The van der Waals surface area contributed by atoms with E-state index in [-0.39, 0.29) is 0 Å². The summed E-state index contributed by atoms with van der Waals surface area (Å²) in [5.74, 6) is 2.15. The highest BCUT2D eigenvalue weighted by Gasteiger charge is 2.39. The first-order chi connectivity index (χ1) is 10.2. The largest absolute Gasteiger partial charge is 0.359 e. The Labute approximate surface area is 134 Å². The Kier molecular flexibility index (Phi) is 5.15. The lowest BCUT2D eigenvalue weighted by molar-refractivity contribution is 0.248. The molecule has 0 aromatic heterocycles. The molecule has 2 saturated carbocycles. The molecule has 3 nitrogen and oxygen atoms in total. The molecular formula is C17H31N3S. The molecule has 0 unspecified atom stereocenters. The van der Waals surface area contributed by atoms with Crippen molar-refractivity contribution in [1.82, 2.24) is 10.2 Å². The summed E-state index contributed by atoms with van der Waals surface area (Å²) in [4.78, 5) is 7.35. The van der Waals surface area contributed by atoms with Crippen LogP contribution in [0.5, 0.6) is 0 Å². The maximum atomic E-state index is 4.83. The Morgan fingerprint density at radius 2 is 1.95 bits per heavy atom. The molecule has 0 bridgehead atoms. The monoisotopic (exact) mass is 309 g/mol. The van der Waals surface area contributed by atoms with Crippen molar-refractivity contribution in [2.24, 2.45) is 10.9 Å². The van der Waals surface area contributed by atoms with Gasteiger partial charge in [0.15, 0.2) is 5.17 Å². The molecule has 0 atom stereocenters. The molecular weight excluding hydrogens is 278 g/mol. The third-order valence-corrected chi connectivity index (χ3v) is 6.95. The third kappa shape index (κ3) is 3.95. The highest BCUT2D eigenvalue weighted by atomic mass is 32.2. The van der Waals surface area contributed by atoms with Crippen LogP contribution in [-0.2, 0) is 0 Å². The van der Waals surface area contributed by atoms with E-state index < -0.39 is 0 Å². The van der Waals surface area contributed by atoms with Gasteiger partial charge in [-0.3, -0.25) is 4.99 Å². The Morgan fingerprint density at radius 3 is 2.67 bits per heavy atom. The molecule has 2 aliphatic carbocycles. The smallest absolute Gasteiger partial charge is 0.157 e. The Balaban J connectivity index is 1.43. The summed E-state index contributed by atoms with van der Waals surface area (Å²) in [6.07, 6.45) is 11.0. The molecule has 3 rings (SSSR count). The molecule has 3 fully saturated rings. The van der Waals surface area contributed by atoms with Crippen molar-refractivity contribution < 1.29 is 0 Å². The Morgan fingerprint density at radius 1 is 1.24 bits per heavy atom. The molecule has 4 heteroatoms. The molecule has 1 heterocycles. The average Bonchev–Trinajstić information content (AvgIpc) is 3.13. The second-order valence-corrected chi connectivity index (χ2v) is 8.45. The zero-order valence-corrected chi connectivity index (χ0v) is 14.6. The van der Waals surface area contributed by atoms with Crippen LogP contribution in [0.1, 0.15) is 58.3 Å². The molecule has 1 aliphatic heterocycles. The lowest BCUT2D eigenvalue weighted by atomic mass is 9.78. The van der Waals surface area contributed by atoms with Crippen LogP contribution in [0.2, 0.25) is 0 Å². The van der Waals surface area contributed by atoms with Crippen LogP contribution in [0.25, 0.3) is 0 Å². The topological polar surface area (TPSA) is 27.6 Å². The Hall–Kier alpha value is -0.220. The first-order valence-corrected chi connectivity index (χ1v) is 9.81. The molecule has 0 amide bonds. The van der Waals surface area contributed by atoms with Gasteiger partial charge in [0.2, 0.25) is 0 Å². The minimum Gasteiger partial charge on any atom is -0.359 e. The minimum absolute atomic E-state index is 0.382. The van der Waals surface area contributed by atoms with Crippen molar-refractivity contribution in [2.45, 2.75) is 69.9 Å². The van der Waals surface area contributed by atoms with E-state index in [9.17, 15) is 0 Å². The van der Waals surface area contributed by atoms with Crippen molar-refractivity contribution in [2.75, 3.05) is 25.9 Å². The number of likely N-dealkylation sites (N-methyl/N-ethyl adjacent to an activating group) is 1. The standard InChI is InChI=1S/C17H31N3S/c1-14-7-9-17(10-8-14)13-21-16(19-17)18-11-12-20(2)15-5-3-4-6-15/h14-15H,3-13H2,1-2H3,(H,18,19). The van der Waals surface area contributed by atoms with Crippen LogP contribution in [0.4, 0.5) is 0 Å². The number of rotatable bonds is 4. The van der Waals surface area contributed by atoms with E-state index in [1.807, 2.05) is 11.8 Å². The molecule has 0 aromatic rings. The number of nitrogens with one attached hydrogen (secondary N) is 1. The summed E-state index contributed by atoms with van der Waals surface area (Å²) < 4.78 is 0. The van der Waals surface area contributed by atoms with Crippen molar-refractivity contribution >= 4 is 16.9 Å². The lowest BCUT2D eigenvalue weighted by Crippen LogP contribution is -2.46. The Bertz CT molecular complexity index is 368. The minimum atomic E-state index is 0.382. The fourth-order valence-corrected chi connectivity index (χ4v) is 5.26.